The van der Waals surface area contributed by atoms with Crippen molar-refractivity contribution >= 4 is 11.8 Å². The van der Waals surface area contributed by atoms with Crippen LogP contribution in [-0.2, 0) is 22.6 Å². The van der Waals surface area contributed by atoms with Gasteiger partial charge in [-0.3, -0.25) is 9.59 Å². The molecule has 5 nitrogen and oxygen atoms in total. The Balaban J connectivity index is 2.23. The van der Waals surface area contributed by atoms with E-state index >= 15 is 0 Å². The largest absolute Gasteiger partial charge is 0.497 e. The molecule has 0 saturated carbocycles. The van der Waals surface area contributed by atoms with Crippen LogP contribution >= 0.6 is 0 Å². The van der Waals surface area contributed by atoms with Crippen LogP contribution in [0.2, 0.25) is 0 Å². The lowest BCUT2D eigenvalue weighted by molar-refractivity contribution is -0.140. The van der Waals surface area contributed by atoms with Gasteiger partial charge in [-0.15, -0.1) is 0 Å². The molecule has 0 aromatic heterocycles. The number of carbonyl (C=O) groups is 2. The number of ether oxygens (including phenoxy) is 1. The molecule has 2 rings (SSSR count). The Labute approximate surface area is 161 Å². The summed E-state index contributed by atoms with van der Waals surface area (Å²) in [4.78, 5) is 27.1. The van der Waals surface area contributed by atoms with Crippen LogP contribution in [0.15, 0.2) is 48.5 Å². The first-order chi connectivity index (χ1) is 13.0. The number of hydrogen-bond acceptors (Lipinski definition) is 3. The molecule has 0 radical (unpaired) electrons. The van der Waals surface area contributed by atoms with E-state index in [9.17, 15) is 9.59 Å². The summed E-state index contributed by atoms with van der Waals surface area (Å²) in [6.45, 7) is 6.53. The predicted octanol–water partition coefficient (Wildman–Crippen LogP) is 3.10. The van der Waals surface area contributed by atoms with Gasteiger partial charge in [-0.05, 0) is 49.6 Å². The number of nitrogens with zero attached hydrogens (tertiary/aromatic N) is 1. The molecule has 2 aromatic rings. The van der Waals surface area contributed by atoms with Gasteiger partial charge in [0.2, 0.25) is 11.8 Å². The molecule has 0 heterocycles. The minimum atomic E-state index is -0.552. The number of carbonyl (C=O) groups excluding carboxylic acids is 2. The first kappa shape index (κ1) is 20.5. The second kappa shape index (κ2) is 9.76. The Morgan fingerprint density at radius 2 is 1.78 bits per heavy atom. The highest BCUT2D eigenvalue weighted by atomic mass is 16.5. The molecule has 5 heteroatoms. The van der Waals surface area contributed by atoms with Gasteiger partial charge >= 0.3 is 0 Å². The van der Waals surface area contributed by atoms with Gasteiger partial charge in [0.05, 0.1) is 13.5 Å². The third-order valence-electron chi connectivity index (χ3n) is 4.63. The molecule has 1 atom stereocenters. The zero-order valence-electron chi connectivity index (χ0n) is 16.5. The monoisotopic (exact) mass is 368 g/mol. The molecular weight excluding hydrogens is 340 g/mol. The minimum absolute atomic E-state index is 0.0705. The standard InChI is InChI=1S/C22H28N2O3/c1-5-23-22(26)17(3)24(15-18-10-12-20(27-4)13-11-18)21(25)14-19-9-7-6-8-16(19)2/h6-13,17H,5,14-15H2,1-4H3,(H,23,26). The first-order valence-electron chi connectivity index (χ1n) is 9.20. The fourth-order valence-electron chi connectivity index (χ4n) is 2.91. The summed E-state index contributed by atoms with van der Waals surface area (Å²) in [5, 5.41) is 2.81. The van der Waals surface area contributed by atoms with Crippen LogP contribution in [0, 0.1) is 6.92 Å². The number of amides is 2. The van der Waals surface area contributed by atoms with Gasteiger partial charge in [-0.1, -0.05) is 36.4 Å². The maximum absolute atomic E-state index is 13.1. The highest BCUT2D eigenvalue weighted by Crippen LogP contribution is 2.17. The number of methoxy groups -OCH3 is 1. The van der Waals surface area contributed by atoms with Crippen molar-refractivity contribution in [1.29, 1.82) is 0 Å². The van der Waals surface area contributed by atoms with Gasteiger partial charge in [0.25, 0.3) is 0 Å². The summed E-state index contributed by atoms with van der Waals surface area (Å²) in [5.74, 6) is 0.538. The molecule has 1 N–H and O–H groups in total. The lowest BCUT2D eigenvalue weighted by atomic mass is 10.0. The molecule has 144 valence electrons. The lowest BCUT2D eigenvalue weighted by Crippen LogP contribution is -2.48. The highest BCUT2D eigenvalue weighted by Gasteiger charge is 2.26. The fraction of sp³-hybridized carbons (Fsp3) is 0.364. The molecule has 1 unspecified atom stereocenters. The summed E-state index contributed by atoms with van der Waals surface area (Å²) in [7, 11) is 1.62. The van der Waals surface area contributed by atoms with Gasteiger partial charge in [0, 0.05) is 13.1 Å². The molecule has 0 aliphatic heterocycles. The normalized spacial score (nSPS) is 11.6. The number of nitrogens with one attached hydrogen (secondary N) is 1. The molecule has 0 spiro atoms. The van der Waals surface area contributed by atoms with Gasteiger partial charge in [0.15, 0.2) is 0 Å². The smallest absolute Gasteiger partial charge is 0.242 e. The molecule has 2 aromatic carbocycles. The van der Waals surface area contributed by atoms with Crippen molar-refractivity contribution < 1.29 is 14.3 Å². The van der Waals surface area contributed by atoms with Crippen molar-refractivity contribution in [1.82, 2.24) is 10.2 Å². The Bertz CT molecular complexity index is 771. The summed E-state index contributed by atoms with van der Waals surface area (Å²) in [6, 6.07) is 14.8. The van der Waals surface area contributed by atoms with E-state index in [1.165, 1.54) is 0 Å². The summed E-state index contributed by atoms with van der Waals surface area (Å²) >= 11 is 0. The number of aryl methyl sites for hydroxylation is 1. The summed E-state index contributed by atoms with van der Waals surface area (Å²) in [5.41, 5.74) is 3.00. The van der Waals surface area contributed by atoms with E-state index in [1.807, 2.05) is 62.4 Å². The minimum Gasteiger partial charge on any atom is -0.497 e. The van der Waals surface area contributed by atoms with Gasteiger partial charge in [0.1, 0.15) is 11.8 Å². The quantitative estimate of drug-likeness (QED) is 0.779. The Morgan fingerprint density at radius 3 is 2.37 bits per heavy atom. The maximum Gasteiger partial charge on any atom is 0.242 e. The molecule has 2 amide bonds. The average molecular weight is 368 g/mol. The predicted molar refractivity (Wildman–Crippen MR) is 107 cm³/mol. The van der Waals surface area contributed by atoms with Crippen LogP contribution in [0.4, 0.5) is 0 Å². The van der Waals surface area contributed by atoms with Crippen LogP contribution in [0.25, 0.3) is 0 Å². The Hall–Kier alpha value is -2.82. The van der Waals surface area contributed by atoms with Crippen LogP contribution in [0.3, 0.4) is 0 Å². The highest BCUT2D eigenvalue weighted by molar-refractivity contribution is 5.88. The van der Waals surface area contributed by atoms with E-state index in [-0.39, 0.29) is 18.2 Å². The van der Waals surface area contributed by atoms with E-state index in [0.29, 0.717) is 13.1 Å². The van der Waals surface area contributed by atoms with Crippen LogP contribution < -0.4 is 10.1 Å². The van der Waals surface area contributed by atoms with Crippen molar-refractivity contribution in [3.63, 3.8) is 0 Å². The molecule has 0 bridgehead atoms. The lowest BCUT2D eigenvalue weighted by Gasteiger charge is -2.29. The fourth-order valence-corrected chi connectivity index (χ4v) is 2.91. The zero-order chi connectivity index (χ0) is 19.8. The molecule has 0 aliphatic carbocycles. The van der Waals surface area contributed by atoms with Crippen molar-refractivity contribution in [2.75, 3.05) is 13.7 Å². The Morgan fingerprint density at radius 1 is 1.11 bits per heavy atom. The maximum atomic E-state index is 13.1. The zero-order valence-corrected chi connectivity index (χ0v) is 16.5. The number of benzene rings is 2. The second-order valence-corrected chi connectivity index (χ2v) is 6.54. The summed E-state index contributed by atoms with van der Waals surface area (Å²) in [6.07, 6.45) is 0.270. The second-order valence-electron chi connectivity index (χ2n) is 6.54. The van der Waals surface area contributed by atoms with Crippen LogP contribution in [0.5, 0.6) is 5.75 Å². The van der Waals surface area contributed by atoms with Crippen molar-refractivity contribution in [3.8, 4) is 5.75 Å². The van der Waals surface area contributed by atoms with E-state index in [0.717, 1.165) is 22.4 Å². The van der Waals surface area contributed by atoms with E-state index in [2.05, 4.69) is 5.32 Å². The van der Waals surface area contributed by atoms with E-state index in [1.54, 1.807) is 18.9 Å². The van der Waals surface area contributed by atoms with Gasteiger partial charge in [-0.25, -0.2) is 0 Å². The number of hydrogen-bond donors (Lipinski definition) is 1. The van der Waals surface area contributed by atoms with E-state index < -0.39 is 6.04 Å². The number of rotatable bonds is 8. The van der Waals surface area contributed by atoms with Gasteiger partial charge in [-0.2, -0.15) is 0 Å². The van der Waals surface area contributed by atoms with Crippen LogP contribution in [0.1, 0.15) is 30.5 Å². The third kappa shape index (κ3) is 5.58. The number of likely N-dealkylation sites (N-methyl/N-ethyl adjacent to an activating group) is 1. The molecule has 0 aliphatic rings. The van der Waals surface area contributed by atoms with Crippen LogP contribution in [-0.4, -0.2) is 36.4 Å². The molecular formula is C22H28N2O3. The SMILES string of the molecule is CCNC(=O)C(C)N(Cc1ccc(OC)cc1)C(=O)Cc1ccccc1C. The van der Waals surface area contributed by atoms with E-state index in [4.69, 9.17) is 4.74 Å². The molecule has 0 saturated heterocycles. The molecule has 27 heavy (non-hydrogen) atoms. The summed E-state index contributed by atoms with van der Waals surface area (Å²) < 4.78 is 5.19. The van der Waals surface area contributed by atoms with Crippen molar-refractivity contribution in [3.05, 3.63) is 65.2 Å². The average Bonchev–Trinajstić information content (AvgIpc) is 2.68. The van der Waals surface area contributed by atoms with Gasteiger partial charge < -0.3 is 15.0 Å². The van der Waals surface area contributed by atoms with Crippen molar-refractivity contribution in [2.24, 2.45) is 0 Å². The third-order valence-corrected chi connectivity index (χ3v) is 4.63. The van der Waals surface area contributed by atoms with Crippen molar-refractivity contribution in [2.45, 2.75) is 39.8 Å². The molecule has 0 fully saturated rings. The first-order valence-corrected chi connectivity index (χ1v) is 9.20. The Kier molecular flexibility index (Phi) is 7.41. The topological polar surface area (TPSA) is 58.6 Å².